The average Bonchev–Trinajstić information content (AvgIpc) is 3.28. The summed E-state index contributed by atoms with van der Waals surface area (Å²) in [6.07, 6.45) is 4.33. The van der Waals surface area contributed by atoms with Crippen LogP contribution in [-0.4, -0.2) is 71.2 Å². The predicted octanol–water partition coefficient (Wildman–Crippen LogP) is 0.123. The third kappa shape index (κ3) is 3.66. The standard InChI is InChI=1S/C15H24N6O4S2/c1-4-18-11-14(10-16-18)26(22,23)20-6-8-21(9-7-20)27(24,25)15-12-19(5-2)17-13(15)3/h10-12H,4-9H2,1-3H3. The van der Waals surface area contributed by atoms with Gasteiger partial charge in [0.15, 0.2) is 0 Å². The Morgan fingerprint density at radius 3 is 1.93 bits per heavy atom. The van der Waals surface area contributed by atoms with E-state index in [-0.39, 0.29) is 36.0 Å². The quantitative estimate of drug-likeness (QED) is 0.662. The summed E-state index contributed by atoms with van der Waals surface area (Å²) in [7, 11) is -7.38. The van der Waals surface area contributed by atoms with Gasteiger partial charge in [-0.3, -0.25) is 9.36 Å². The van der Waals surface area contributed by atoms with Crippen LogP contribution < -0.4 is 0 Å². The molecule has 3 heterocycles. The molecule has 150 valence electrons. The second kappa shape index (κ2) is 7.34. The highest BCUT2D eigenvalue weighted by atomic mass is 32.2. The molecule has 0 aliphatic carbocycles. The molecule has 3 rings (SSSR count). The highest BCUT2D eigenvalue weighted by Gasteiger charge is 2.35. The molecule has 0 aromatic carbocycles. The molecule has 0 amide bonds. The van der Waals surface area contributed by atoms with E-state index in [1.165, 1.54) is 27.2 Å². The largest absolute Gasteiger partial charge is 0.272 e. The number of piperazine rings is 1. The summed E-state index contributed by atoms with van der Waals surface area (Å²) in [6, 6.07) is 0. The van der Waals surface area contributed by atoms with E-state index in [1.807, 2.05) is 13.8 Å². The van der Waals surface area contributed by atoms with Crippen molar-refractivity contribution in [3.63, 3.8) is 0 Å². The van der Waals surface area contributed by atoms with E-state index in [2.05, 4.69) is 10.2 Å². The Morgan fingerprint density at radius 2 is 1.44 bits per heavy atom. The van der Waals surface area contributed by atoms with Gasteiger partial charge in [-0.25, -0.2) is 16.8 Å². The number of rotatable bonds is 6. The number of sulfonamides is 2. The molecule has 0 unspecified atom stereocenters. The molecule has 2 aromatic heterocycles. The van der Waals surface area contributed by atoms with Crippen LogP contribution in [0.25, 0.3) is 0 Å². The monoisotopic (exact) mass is 416 g/mol. The molecule has 1 aliphatic rings. The lowest BCUT2D eigenvalue weighted by Crippen LogP contribution is -2.50. The van der Waals surface area contributed by atoms with Crippen molar-refractivity contribution >= 4 is 20.0 Å². The fourth-order valence-electron chi connectivity index (χ4n) is 3.00. The van der Waals surface area contributed by atoms with Gasteiger partial charge in [0.05, 0.1) is 11.9 Å². The normalized spacial score (nSPS) is 17.4. The molecule has 0 spiro atoms. The zero-order valence-corrected chi connectivity index (χ0v) is 17.2. The second-order valence-corrected chi connectivity index (χ2v) is 10.1. The molecule has 0 radical (unpaired) electrons. The van der Waals surface area contributed by atoms with E-state index >= 15 is 0 Å². The molecule has 1 aliphatic heterocycles. The lowest BCUT2D eigenvalue weighted by atomic mass is 10.4. The van der Waals surface area contributed by atoms with E-state index in [1.54, 1.807) is 16.3 Å². The Hall–Kier alpha value is -1.76. The van der Waals surface area contributed by atoms with Crippen molar-refractivity contribution in [3.8, 4) is 0 Å². The van der Waals surface area contributed by atoms with E-state index in [9.17, 15) is 16.8 Å². The van der Waals surface area contributed by atoms with E-state index < -0.39 is 20.0 Å². The van der Waals surface area contributed by atoms with Gasteiger partial charge in [-0.2, -0.15) is 18.8 Å². The fourth-order valence-corrected chi connectivity index (χ4v) is 5.97. The van der Waals surface area contributed by atoms with Crippen molar-refractivity contribution < 1.29 is 16.8 Å². The first kappa shape index (κ1) is 20.0. The van der Waals surface area contributed by atoms with Crippen molar-refractivity contribution in [1.82, 2.24) is 28.2 Å². The minimum Gasteiger partial charge on any atom is -0.272 e. The highest BCUT2D eigenvalue weighted by Crippen LogP contribution is 2.23. The van der Waals surface area contributed by atoms with Crippen LogP contribution in [-0.2, 0) is 33.1 Å². The smallest absolute Gasteiger partial charge is 0.246 e. The van der Waals surface area contributed by atoms with Crippen molar-refractivity contribution in [2.75, 3.05) is 26.2 Å². The topological polar surface area (TPSA) is 110 Å². The molecule has 10 nitrogen and oxygen atoms in total. The maximum absolute atomic E-state index is 12.9. The maximum Gasteiger partial charge on any atom is 0.246 e. The van der Waals surface area contributed by atoms with Gasteiger partial charge in [0.25, 0.3) is 0 Å². The van der Waals surface area contributed by atoms with E-state index in [0.29, 0.717) is 18.8 Å². The minimum atomic E-state index is -3.70. The molecular weight excluding hydrogens is 392 g/mol. The van der Waals surface area contributed by atoms with Gasteiger partial charge in [0.1, 0.15) is 9.79 Å². The molecule has 0 saturated carbocycles. The SMILES string of the molecule is CCn1cc(S(=O)(=O)N2CCN(S(=O)(=O)c3cn(CC)nc3C)CC2)cn1. The summed E-state index contributed by atoms with van der Waals surface area (Å²) in [4.78, 5) is 0.297. The molecule has 1 saturated heterocycles. The molecule has 0 bridgehead atoms. The summed E-state index contributed by atoms with van der Waals surface area (Å²) in [5, 5.41) is 8.19. The molecule has 1 fully saturated rings. The van der Waals surface area contributed by atoms with Gasteiger partial charge < -0.3 is 0 Å². The zero-order valence-electron chi connectivity index (χ0n) is 15.6. The molecular formula is C15H24N6O4S2. The lowest BCUT2D eigenvalue weighted by molar-refractivity contribution is 0.272. The fraction of sp³-hybridized carbons (Fsp3) is 0.600. The van der Waals surface area contributed by atoms with Crippen LogP contribution in [0.4, 0.5) is 0 Å². The Labute approximate surface area is 159 Å². The summed E-state index contributed by atoms with van der Waals surface area (Å²) in [5.41, 5.74) is 0.443. The van der Waals surface area contributed by atoms with Crippen LogP contribution in [0.15, 0.2) is 28.4 Å². The molecule has 27 heavy (non-hydrogen) atoms. The number of aromatic nitrogens is 4. The number of aryl methyl sites for hydroxylation is 3. The summed E-state index contributed by atoms with van der Waals surface area (Å²) < 4.78 is 57.0. The van der Waals surface area contributed by atoms with Crippen LogP contribution in [0.2, 0.25) is 0 Å². The number of hydrogen-bond acceptors (Lipinski definition) is 6. The highest BCUT2D eigenvalue weighted by molar-refractivity contribution is 7.89. The maximum atomic E-state index is 12.9. The van der Waals surface area contributed by atoms with Gasteiger partial charge >= 0.3 is 0 Å². The summed E-state index contributed by atoms with van der Waals surface area (Å²) >= 11 is 0. The van der Waals surface area contributed by atoms with Crippen LogP contribution in [0.1, 0.15) is 19.5 Å². The van der Waals surface area contributed by atoms with Crippen molar-refractivity contribution in [3.05, 3.63) is 24.3 Å². The van der Waals surface area contributed by atoms with Crippen molar-refractivity contribution in [2.24, 2.45) is 0 Å². The van der Waals surface area contributed by atoms with Gasteiger partial charge in [0.2, 0.25) is 20.0 Å². The second-order valence-electron chi connectivity index (χ2n) is 6.27. The number of hydrogen-bond donors (Lipinski definition) is 0. The van der Waals surface area contributed by atoms with E-state index in [4.69, 9.17) is 0 Å². The Bertz CT molecular complexity index is 1020. The first-order chi connectivity index (χ1) is 12.7. The third-order valence-corrected chi connectivity index (χ3v) is 8.47. The third-order valence-electron chi connectivity index (χ3n) is 4.61. The van der Waals surface area contributed by atoms with Crippen molar-refractivity contribution in [1.29, 1.82) is 0 Å². The average molecular weight is 417 g/mol. The molecule has 12 heteroatoms. The van der Waals surface area contributed by atoms with Crippen LogP contribution >= 0.6 is 0 Å². The first-order valence-corrected chi connectivity index (χ1v) is 11.6. The Kier molecular flexibility index (Phi) is 5.43. The molecule has 0 N–H and O–H groups in total. The Morgan fingerprint density at radius 1 is 0.889 bits per heavy atom. The lowest BCUT2D eigenvalue weighted by Gasteiger charge is -2.32. The van der Waals surface area contributed by atoms with Gasteiger partial charge in [-0.05, 0) is 20.8 Å². The van der Waals surface area contributed by atoms with Crippen LogP contribution in [0, 0.1) is 6.92 Å². The first-order valence-electron chi connectivity index (χ1n) is 8.77. The Balaban J connectivity index is 1.75. The molecule has 0 atom stereocenters. The van der Waals surface area contributed by atoms with E-state index in [0.717, 1.165) is 0 Å². The minimum absolute atomic E-state index is 0.0971. The van der Waals surface area contributed by atoms with Crippen LogP contribution in [0.5, 0.6) is 0 Å². The predicted molar refractivity (Wildman–Crippen MR) is 98.1 cm³/mol. The number of nitrogens with zero attached hydrogens (tertiary/aromatic N) is 6. The van der Waals surface area contributed by atoms with Gasteiger partial charge in [-0.15, -0.1) is 0 Å². The van der Waals surface area contributed by atoms with Crippen molar-refractivity contribution in [2.45, 2.75) is 43.7 Å². The van der Waals surface area contributed by atoms with Gasteiger partial charge in [0, 0.05) is 51.7 Å². The van der Waals surface area contributed by atoms with Gasteiger partial charge in [-0.1, -0.05) is 0 Å². The van der Waals surface area contributed by atoms with Crippen LogP contribution in [0.3, 0.4) is 0 Å². The zero-order chi connectivity index (χ0) is 19.8. The summed E-state index contributed by atoms with van der Waals surface area (Å²) in [5.74, 6) is 0. The molecule has 2 aromatic rings. The summed E-state index contributed by atoms with van der Waals surface area (Å²) in [6.45, 7) is 6.95.